The first-order valence-corrected chi connectivity index (χ1v) is 15.1. The van der Waals surface area contributed by atoms with E-state index in [9.17, 15) is 0 Å². The van der Waals surface area contributed by atoms with Gasteiger partial charge in [0.25, 0.3) is 0 Å². The zero-order valence-corrected chi connectivity index (χ0v) is 24.1. The summed E-state index contributed by atoms with van der Waals surface area (Å²) < 4.78 is 4.73. The molecule has 0 amide bonds. The highest BCUT2D eigenvalue weighted by molar-refractivity contribution is 6.18. The van der Waals surface area contributed by atoms with E-state index in [1.807, 2.05) is 0 Å². The standard InChI is InChI=1S/C42H28N2/c1-4-12-29(13-5-1)32-24-33(30-14-6-2-7-15-30)26-35(25-32)44-41-19-11-10-18-36(41)39-28-38-31(27-42(39)44)20-21-40-37(38)22-23-43(40)34-16-8-3-9-17-34/h1-28H. The molecule has 0 bridgehead atoms. The van der Waals surface area contributed by atoms with Crippen LogP contribution >= 0.6 is 0 Å². The number of hydrogen-bond acceptors (Lipinski definition) is 0. The molecule has 0 spiro atoms. The molecule has 206 valence electrons. The molecule has 0 unspecified atom stereocenters. The maximum Gasteiger partial charge on any atom is 0.0547 e. The van der Waals surface area contributed by atoms with Crippen molar-refractivity contribution in [2.45, 2.75) is 0 Å². The van der Waals surface area contributed by atoms with E-state index < -0.39 is 0 Å². The van der Waals surface area contributed by atoms with E-state index in [1.165, 1.54) is 71.4 Å². The van der Waals surface area contributed by atoms with Gasteiger partial charge in [0, 0.05) is 33.7 Å². The van der Waals surface area contributed by atoms with E-state index in [-0.39, 0.29) is 0 Å². The molecule has 0 aliphatic rings. The fraction of sp³-hybridized carbons (Fsp3) is 0. The molecule has 0 fully saturated rings. The summed E-state index contributed by atoms with van der Waals surface area (Å²) in [5.74, 6) is 0. The van der Waals surface area contributed by atoms with Crippen molar-refractivity contribution in [1.82, 2.24) is 9.13 Å². The summed E-state index contributed by atoms with van der Waals surface area (Å²) >= 11 is 0. The Morgan fingerprint density at radius 2 is 0.932 bits per heavy atom. The summed E-state index contributed by atoms with van der Waals surface area (Å²) in [6.07, 6.45) is 2.19. The van der Waals surface area contributed by atoms with Crippen molar-refractivity contribution in [3.63, 3.8) is 0 Å². The molecule has 0 atom stereocenters. The molecule has 0 N–H and O–H groups in total. The van der Waals surface area contributed by atoms with Crippen LogP contribution in [0.5, 0.6) is 0 Å². The summed E-state index contributed by atoms with van der Waals surface area (Å²) in [7, 11) is 0. The number of hydrogen-bond donors (Lipinski definition) is 0. The van der Waals surface area contributed by atoms with E-state index in [0.29, 0.717) is 0 Å². The van der Waals surface area contributed by atoms with Gasteiger partial charge in [0.1, 0.15) is 0 Å². The molecule has 0 aliphatic carbocycles. The normalized spacial score (nSPS) is 11.6. The van der Waals surface area contributed by atoms with Crippen LogP contribution in [-0.4, -0.2) is 9.13 Å². The Kier molecular flexibility index (Phi) is 5.54. The predicted molar refractivity (Wildman–Crippen MR) is 186 cm³/mol. The van der Waals surface area contributed by atoms with Gasteiger partial charge in [-0.25, -0.2) is 0 Å². The lowest BCUT2D eigenvalue weighted by atomic mass is 9.98. The van der Waals surface area contributed by atoms with Crippen LogP contribution in [0.3, 0.4) is 0 Å². The van der Waals surface area contributed by atoms with Crippen molar-refractivity contribution in [3.8, 4) is 33.6 Å². The second-order valence-corrected chi connectivity index (χ2v) is 11.5. The number of nitrogens with zero attached hydrogens (tertiary/aromatic N) is 2. The Hall–Kier alpha value is -5.86. The number of para-hydroxylation sites is 2. The van der Waals surface area contributed by atoms with Crippen molar-refractivity contribution in [2.75, 3.05) is 0 Å². The van der Waals surface area contributed by atoms with E-state index in [1.54, 1.807) is 0 Å². The zero-order valence-electron chi connectivity index (χ0n) is 24.1. The molecule has 44 heavy (non-hydrogen) atoms. The molecule has 2 heteroatoms. The molecule has 2 heterocycles. The fourth-order valence-electron chi connectivity index (χ4n) is 6.84. The molecule has 9 aromatic rings. The third-order valence-corrected chi connectivity index (χ3v) is 8.91. The van der Waals surface area contributed by atoms with Crippen molar-refractivity contribution >= 4 is 43.5 Å². The Bertz CT molecular complexity index is 2410. The first-order chi connectivity index (χ1) is 21.8. The van der Waals surface area contributed by atoms with Crippen LogP contribution in [-0.2, 0) is 0 Å². The van der Waals surface area contributed by atoms with E-state index in [2.05, 4.69) is 179 Å². The zero-order chi connectivity index (χ0) is 29.0. The lowest BCUT2D eigenvalue weighted by Crippen LogP contribution is -1.96. The SMILES string of the molecule is c1ccc(-c2cc(-c3ccccc3)cc(-n3c4ccccc4c4cc5c(ccc6c5ccn6-c5ccccc5)cc43)c2)cc1. The van der Waals surface area contributed by atoms with Crippen molar-refractivity contribution in [1.29, 1.82) is 0 Å². The summed E-state index contributed by atoms with van der Waals surface area (Å²) in [4.78, 5) is 0. The average molecular weight is 561 g/mol. The second kappa shape index (κ2) is 9.86. The van der Waals surface area contributed by atoms with E-state index >= 15 is 0 Å². The molecule has 0 saturated heterocycles. The molecule has 0 aliphatic heterocycles. The van der Waals surface area contributed by atoms with Gasteiger partial charge in [-0.1, -0.05) is 103 Å². The van der Waals surface area contributed by atoms with Gasteiger partial charge in [0.05, 0.1) is 16.6 Å². The molecule has 2 aromatic heterocycles. The quantitative estimate of drug-likeness (QED) is 0.203. The molecule has 0 saturated carbocycles. The monoisotopic (exact) mass is 560 g/mol. The van der Waals surface area contributed by atoms with Crippen LogP contribution in [0.1, 0.15) is 0 Å². The Labute approximate surface area is 255 Å². The number of aromatic nitrogens is 2. The predicted octanol–water partition coefficient (Wildman–Crippen LogP) is 11.2. The number of rotatable bonds is 4. The minimum Gasteiger partial charge on any atom is -0.317 e. The molecular weight excluding hydrogens is 532 g/mol. The molecular formula is C42H28N2. The van der Waals surface area contributed by atoms with Gasteiger partial charge in [-0.15, -0.1) is 0 Å². The topological polar surface area (TPSA) is 9.86 Å². The minimum absolute atomic E-state index is 1.16. The largest absolute Gasteiger partial charge is 0.317 e. The maximum absolute atomic E-state index is 2.45. The van der Waals surface area contributed by atoms with Gasteiger partial charge in [0.15, 0.2) is 0 Å². The molecule has 0 radical (unpaired) electrons. The summed E-state index contributed by atoms with van der Waals surface area (Å²) in [5, 5.41) is 6.30. The summed E-state index contributed by atoms with van der Waals surface area (Å²) in [6, 6.07) is 59.3. The first kappa shape index (κ1) is 24.7. The van der Waals surface area contributed by atoms with Crippen LogP contribution in [0.2, 0.25) is 0 Å². The Morgan fingerprint density at radius 3 is 1.64 bits per heavy atom. The van der Waals surface area contributed by atoms with Crippen LogP contribution in [0.15, 0.2) is 170 Å². The van der Waals surface area contributed by atoms with Gasteiger partial charge in [-0.05, 0) is 93.7 Å². The minimum atomic E-state index is 1.16. The van der Waals surface area contributed by atoms with Crippen LogP contribution < -0.4 is 0 Å². The number of fused-ring (bicyclic) bond motifs is 6. The van der Waals surface area contributed by atoms with Gasteiger partial charge in [0.2, 0.25) is 0 Å². The van der Waals surface area contributed by atoms with E-state index in [4.69, 9.17) is 0 Å². The lowest BCUT2D eigenvalue weighted by molar-refractivity contribution is 1.13. The van der Waals surface area contributed by atoms with Gasteiger partial charge >= 0.3 is 0 Å². The molecule has 9 rings (SSSR count). The summed E-state index contributed by atoms with van der Waals surface area (Å²) in [6.45, 7) is 0. The highest BCUT2D eigenvalue weighted by Crippen LogP contribution is 2.39. The van der Waals surface area contributed by atoms with E-state index in [0.717, 1.165) is 5.69 Å². The van der Waals surface area contributed by atoms with Crippen molar-refractivity contribution in [2.24, 2.45) is 0 Å². The van der Waals surface area contributed by atoms with Crippen LogP contribution in [0.4, 0.5) is 0 Å². The Balaban J connectivity index is 1.33. The molecule has 7 aromatic carbocycles. The highest BCUT2D eigenvalue weighted by atomic mass is 15.0. The highest BCUT2D eigenvalue weighted by Gasteiger charge is 2.17. The Morgan fingerprint density at radius 1 is 0.318 bits per heavy atom. The van der Waals surface area contributed by atoms with Gasteiger partial charge in [-0.3, -0.25) is 0 Å². The third-order valence-electron chi connectivity index (χ3n) is 8.91. The maximum atomic E-state index is 2.45. The van der Waals surface area contributed by atoms with Crippen LogP contribution in [0, 0.1) is 0 Å². The van der Waals surface area contributed by atoms with Crippen molar-refractivity contribution < 1.29 is 0 Å². The smallest absolute Gasteiger partial charge is 0.0547 e. The molecule has 2 nitrogen and oxygen atoms in total. The van der Waals surface area contributed by atoms with Crippen LogP contribution in [0.25, 0.3) is 77.1 Å². The lowest BCUT2D eigenvalue weighted by Gasteiger charge is -2.14. The van der Waals surface area contributed by atoms with Gasteiger partial charge in [-0.2, -0.15) is 0 Å². The average Bonchev–Trinajstić information content (AvgIpc) is 3.68. The number of benzene rings is 7. The third kappa shape index (κ3) is 3.89. The summed E-state index contributed by atoms with van der Waals surface area (Å²) in [5.41, 5.74) is 10.8. The second-order valence-electron chi connectivity index (χ2n) is 11.5. The van der Waals surface area contributed by atoms with Crippen molar-refractivity contribution in [3.05, 3.63) is 170 Å². The first-order valence-electron chi connectivity index (χ1n) is 15.1. The fourth-order valence-corrected chi connectivity index (χ4v) is 6.84. The van der Waals surface area contributed by atoms with Gasteiger partial charge < -0.3 is 9.13 Å².